The number of fused-ring (bicyclic) bond motifs is 10. The van der Waals surface area contributed by atoms with Crippen LogP contribution in [-0.4, -0.2) is 136 Å². The van der Waals surface area contributed by atoms with Crippen LogP contribution in [0.2, 0.25) is 0 Å². The lowest BCUT2D eigenvalue weighted by atomic mass is 9.81. The molecule has 0 radical (unpaired) electrons. The standard InChI is InChI=1S/C32H37N3O5.C32H41N3O3/c1-21-9-11-25-26(17-21)34(19-28(36)33-13-6-15-40-16-14-33)29(37)20-35-27-18-23(32(38)39-2)10-12-24(27)30(31(25)35)22-7-4-3-5-8-22;1-23-9-11-27-28(21-23)34(15-14-33-13-6-19-38-20-18-33)16-17-35-29-22-25(32(36)37-2)10-12-26(29)30(31(27)35)24-7-4-3-5-8-24/h9-12,17-18,22H,3-8,13-16,19-20H2,1-2H3;9-12,21-22,24H,3-8,13-20H2,1-2H3. The second kappa shape index (κ2) is 23.9. The molecule has 14 heteroatoms. The minimum atomic E-state index is -0.402. The lowest BCUT2D eigenvalue weighted by Crippen LogP contribution is -2.44. The maximum atomic E-state index is 14.1. The second-order valence-corrected chi connectivity index (χ2v) is 22.5. The van der Waals surface area contributed by atoms with Gasteiger partial charge in [-0.2, -0.15) is 0 Å². The van der Waals surface area contributed by atoms with Gasteiger partial charge in [-0.3, -0.25) is 14.5 Å². The second-order valence-electron chi connectivity index (χ2n) is 22.5. The first-order chi connectivity index (χ1) is 38.1. The highest BCUT2D eigenvalue weighted by atomic mass is 16.5. The zero-order valence-electron chi connectivity index (χ0n) is 46.4. The molecule has 2 aromatic heterocycles. The highest BCUT2D eigenvalue weighted by Gasteiger charge is 2.36. The Kier molecular flexibility index (Phi) is 16.4. The van der Waals surface area contributed by atoms with Gasteiger partial charge in [0.15, 0.2) is 0 Å². The topological polar surface area (TPSA) is 128 Å². The number of aryl methyl sites for hydroxylation is 2. The van der Waals surface area contributed by atoms with E-state index in [4.69, 9.17) is 18.9 Å². The van der Waals surface area contributed by atoms with Crippen LogP contribution in [0.15, 0.2) is 72.8 Å². The van der Waals surface area contributed by atoms with Gasteiger partial charge in [-0.25, -0.2) is 9.59 Å². The normalized spacial score (nSPS) is 18.6. The lowest BCUT2D eigenvalue weighted by Gasteiger charge is -2.29. The van der Waals surface area contributed by atoms with Crippen molar-refractivity contribution in [3.8, 4) is 22.5 Å². The molecule has 6 heterocycles. The Balaban J connectivity index is 0.000000166. The van der Waals surface area contributed by atoms with Crippen LogP contribution >= 0.6 is 0 Å². The predicted octanol–water partition coefficient (Wildman–Crippen LogP) is 11.0. The van der Waals surface area contributed by atoms with Crippen molar-refractivity contribution in [2.45, 2.75) is 116 Å². The Morgan fingerprint density at radius 3 is 1.72 bits per heavy atom. The van der Waals surface area contributed by atoms with Gasteiger partial charge in [-0.1, -0.05) is 74.9 Å². The number of aromatic nitrogens is 2. The average Bonchev–Trinajstić information content (AvgIpc) is 3.68. The van der Waals surface area contributed by atoms with Gasteiger partial charge in [-0.15, -0.1) is 0 Å². The summed E-state index contributed by atoms with van der Waals surface area (Å²) >= 11 is 0. The quantitative estimate of drug-likeness (QED) is 0.129. The van der Waals surface area contributed by atoms with Gasteiger partial charge in [0.1, 0.15) is 13.1 Å². The van der Waals surface area contributed by atoms with E-state index in [9.17, 15) is 19.2 Å². The van der Waals surface area contributed by atoms with Crippen molar-refractivity contribution in [3.63, 3.8) is 0 Å². The smallest absolute Gasteiger partial charge is 0.337 e. The molecule has 14 nitrogen and oxygen atoms in total. The zero-order valence-corrected chi connectivity index (χ0v) is 46.4. The molecule has 0 spiro atoms. The first-order valence-corrected chi connectivity index (χ1v) is 29.0. The van der Waals surface area contributed by atoms with Crippen LogP contribution in [-0.2, 0) is 41.6 Å². The Labute approximate surface area is 459 Å². The lowest BCUT2D eigenvalue weighted by molar-refractivity contribution is -0.131. The first-order valence-electron chi connectivity index (χ1n) is 29.0. The van der Waals surface area contributed by atoms with Crippen LogP contribution in [0, 0.1) is 13.8 Å². The SMILES string of the molecule is COC(=O)c1ccc2c(C3CCCCC3)c3n(c2c1)CC(=O)N(CC(=O)N1CCCOCC1)c1cc(C)ccc1-3.COC(=O)c1ccc2c(C3CCCCC3)c3n(c2c1)CCN(CCN1CCCOCC1)c1cc(C)ccc1-3. The minimum Gasteiger partial charge on any atom is -0.465 e. The summed E-state index contributed by atoms with van der Waals surface area (Å²) in [6.07, 6.45) is 14.1. The third-order valence-electron chi connectivity index (χ3n) is 17.6. The number of carbonyl (C=O) groups is 4. The molecule has 0 N–H and O–H groups in total. The van der Waals surface area contributed by atoms with E-state index < -0.39 is 5.97 Å². The molecular formula is C64H78N6O8. The van der Waals surface area contributed by atoms with Crippen molar-refractivity contribution in [3.05, 3.63) is 106 Å². The zero-order chi connectivity index (χ0) is 53.9. The molecule has 6 aliphatic rings. The van der Waals surface area contributed by atoms with Crippen molar-refractivity contribution in [2.75, 3.05) is 103 Å². The molecule has 78 heavy (non-hydrogen) atoms. The summed E-state index contributed by atoms with van der Waals surface area (Å²) in [4.78, 5) is 61.2. The van der Waals surface area contributed by atoms with Crippen LogP contribution in [0.4, 0.5) is 11.4 Å². The van der Waals surface area contributed by atoms with E-state index in [1.165, 1.54) is 110 Å². The number of hydrogen-bond acceptors (Lipinski definition) is 10. The number of ether oxygens (including phenoxy) is 4. The molecule has 0 atom stereocenters. The highest BCUT2D eigenvalue weighted by molar-refractivity contribution is 6.08. The molecule has 4 aliphatic heterocycles. The Bertz CT molecular complexity index is 3180. The predicted molar refractivity (Wildman–Crippen MR) is 307 cm³/mol. The summed E-state index contributed by atoms with van der Waals surface area (Å²) in [5, 5.41) is 2.40. The van der Waals surface area contributed by atoms with Crippen LogP contribution in [0.1, 0.15) is 132 Å². The van der Waals surface area contributed by atoms with Gasteiger partial charge in [0.05, 0.1) is 61.2 Å². The third kappa shape index (κ3) is 10.8. The molecule has 2 saturated carbocycles. The molecule has 4 fully saturated rings. The Morgan fingerprint density at radius 2 is 1.10 bits per heavy atom. The molecule has 6 aromatic rings. The fourth-order valence-electron chi connectivity index (χ4n) is 13.6. The van der Waals surface area contributed by atoms with E-state index in [1.807, 2.05) is 42.2 Å². The molecule has 4 aromatic carbocycles. The molecule has 2 amide bonds. The molecule has 0 unspecified atom stereocenters. The largest absolute Gasteiger partial charge is 0.465 e. The average molecular weight is 1060 g/mol. The van der Waals surface area contributed by atoms with Crippen molar-refractivity contribution in [2.24, 2.45) is 0 Å². The van der Waals surface area contributed by atoms with E-state index in [-0.39, 0.29) is 30.9 Å². The van der Waals surface area contributed by atoms with Gasteiger partial charge in [0, 0.05) is 98.7 Å². The number of nitrogens with zero attached hydrogens (tertiary/aromatic N) is 6. The molecule has 412 valence electrons. The fourth-order valence-corrected chi connectivity index (χ4v) is 13.6. The Morgan fingerprint density at radius 1 is 0.551 bits per heavy atom. The minimum absolute atomic E-state index is 0.00970. The van der Waals surface area contributed by atoms with Gasteiger partial charge < -0.3 is 42.8 Å². The van der Waals surface area contributed by atoms with Gasteiger partial charge in [-0.05, 0) is 123 Å². The third-order valence-corrected chi connectivity index (χ3v) is 17.6. The highest BCUT2D eigenvalue weighted by Crippen LogP contribution is 2.50. The molecule has 2 saturated heterocycles. The molecule has 12 rings (SSSR count). The number of anilines is 2. The van der Waals surface area contributed by atoms with E-state index in [2.05, 4.69) is 68.3 Å². The van der Waals surface area contributed by atoms with Crippen LogP contribution in [0.3, 0.4) is 0 Å². The molecule has 2 aliphatic carbocycles. The molecular weight excluding hydrogens is 981 g/mol. The summed E-state index contributed by atoms with van der Waals surface area (Å²) in [6, 6.07) is 25.1. The monoisotopic (exact) mass is 1060 g/mol. The van der Waals surface area contributed by atoms with Gasteiger partial charge in [0.25, 0.3) is 0 Å². The van der Waals surface area contributed by atoms with E-state index in [0.29, 0.717) is 49.3 Å². The van der Waals surface area contributed by atoms with Crippen LogP contribution < -0.4 is 9.80 Å². The fraction of sp³-hybridized carbons (Fsp3) is 0.500. The number of esters is 2. The van der Waals surface area contributed by atoms with Crippen molar-refractivity contribution in [1.29, 1.82) is 0 Å². The van der Waals surface area contributed by atoms with Crippen molar-refractivity contribution < 1.29 is 38.1 Å². The molecule has 0 bridgehead atoms. The maximum Gasteiger partial charge on any atom is 0.337 e. The van der Waals surface area contributed by atoms with Gasteiger partial charge in [0.2, 0.25) is 11.8 Å². The number of rotatable bonds is 9. The number of methoxy groups -OCH3 is 2. The summed E-state index contributed by atoms with van der Waals surface area (Å²) in [5.74, 6) is 0.0507. The summed E-state index contributed by atoms with van der Waals surface area (Å²) in [6.45, 7) is 14.4. The van der Waals surface area contributed by atoms with Crippen molar-refractivity contribution >= 4 is 56.9 Å². The van der Waals surface area contributed by atoms with Crippen molar-refractivity contribution in [1.82, 2.24) is 18.9 Å². The summed E-state index contributed by atoms with van der Waals surface area (Å²) in [5.41, 5.74) is 15.0. The number of hydrogen-bond donors (Lipinski definition) is 0. The van der Waals surface area contributed by atoms with E-state index in [0.717, 1.165) is 112 Å². The Hall–Kier alpha value is -6.48. The number of benzene rings is 4. The van der Waals surface area contributed by atoms with Gasteiger partial charge >= 0.3 is 11.9 Å². The van der Waals surface area contributed by atoms with Crippen LogP contribution in [0.5, 0.6) is 0 Å². The first kappa shape index (κ1) is 53.5. The number of carbonyl (C=O) groups excluding carboxylic acids is 4. The summed E-state index contributed by atoms with van der Waals surface area (Å²) < 4.78 is 25.9. The maximum absolute atomic E-state index is 14.1. The van der Waals surface area contributed by atoms with E-state index >= 15 is 0 Å². The van der Waals surface area contributed by atoms with E-state index in [1.54, 1.807) is 4.90 Å². The number of amides is 2. The summed E-state index contributed by atoms with van der Waals surface area (Å²) in [7, 11) is 2.84. The van der Waals surface area contributed by atoms with Crippen LogP contribution in [0.25, 0.3) is 44.3 Å².